The molecule has 0 fully saturated rings. The van der Waals surface area contributed by atoms with Crippen molar-refractivity contribution in [3.05, 3.63) is 67.3 Å². The molecule has 1 aliphatic heterocycles. The van der Waals surface area contributed by atoms with E-state index in [4.69, 9.17) is 0 Å². The first-order valence-electron chi connectivity index (χ1n) is 7.49. The molecule has 124 valence electrons. The van der Waals surface area contributed by atoms with Crippen LogP contribution in [-0.4, -0.2) is 35.9 Å². The monoisotopic (exact) mass is 437 g/mol. The van der Waals surface area contributed by atoms with E-state index in [-0.39, 0.29) is 11.6 Å². The molecular weight excluding hydrogens is 421 g/mol. The van der Waals surface area contributed by atoms with Gasteiger partial charge in [-0.1, -0.05) is 18.2 Å². The second-order valence-corrected chi connectivity index (χ2v) is 6.86. The number of anilines is 1. The Morgan fingerprint density at radius 1 is 1.21 bits per heavy atom. The first-order valence-corrected chi connectivity index (χ1v) is 8.57. The molecule has 3 rings (SSSR count). The smallest absolute Gasteiger partial charge is 0.270 e. The lowest BCUT2D eigenvalue weighted by molar-refractivity contribution is -0.384. The normalized spacial score (nSPS) is 14.1. The average Bonchev–Trinajstić information content (AvgIpc) is 2.74. The Balaban J connectivity index is 1.94. The van der Waals surface area contributed by atoms with Gasteiger partial charge in [-0.2, -0.15) is 0 Å². The summed E-state index contributed by atoms with van der Waals surface area (Å²) in [4.78, 5) is 27.3. The van der Waals surface area contributed by atoms with Crippen LogP contribution in [0.5, 0.6) is 0 Å². The number of non-ortho nitro benzene ring substituents is 1. The van der Waals surface area contributed by atoms with Gasteiger partial charge in [0.15, 0.2) is 0 Å². The van der Waals surface area contributed by atoms with Gasteiger partial charge in [0.2, 0.25) is 0 Å². The van der Waals surface area contributed by atoms with Crippen LogP contribution in [0, 0.1) is 13.7 Å². The first kappa shape index (κ1) is 16.7. The van der Waals surface area contributed by atoms with Gasteiger partial charge >= 0.3 is 0 Å². The van der Waals surface area contributed by atoms with E-state index >= 15 is 0 Å². The van der Waals surface area contributed by atoms with E-state index in [1.54, 1.807) is 11.0 Å². The van der Waals surface area contributed by atoms with Crippen molar-refractivity contribution >= 4 is 39.9 Å². The first-order chi connectivity index (χ1) is 11.5. The Morgan fingerprint density at radius 3 is 2.71 bits per heavy atom. The summed E-state index contributed by atoms with van der Waals surface area (Å²) in [7, 11) is 2.00. The quantitative estimate of drug-likeness (QED) is 0.411. The highest BCUT2D eigenvalue weighted by Gasteiger charge is 2.24. The Hall–Kier alpha value is -2.16. The number of likely N-dealkylation sites (N-methyl/N-ethyl adjacent to an activating group) is 1. The molecule has 2 aromatic carbocycles. The van der Waals surface area contributed by atoms with E-state index in [0.717, 1.165) is 11.3 Å². The molecule has 0 bridgehead atoms. The van der Waals surface area contributed by atoms with E-state index in [1.807, 2.05) is 53.9 Å². The lowest BCUT2D eigenvalue weighted by atomic mass is 10.1. The van der Waals surface area contributed by atoms with Gasteiger partial charge in [-0.05, 0) is 40.3 Å². The Labute approximate surface area is 153 Å². The molecule has 0 aromatic heterocycles. The topological polar surface area (TPSA) is 66.7 Å². The molecule has 0 N–H and O–H groups in total. The minimum atomic E-state index is -0.474. The molecule has 7 heteroatoms. The van der Waals surface area contributed by atoms with Gasteiger partial charge in [0, 0.05) is 48.1 Å². The van der Waals surface area contributed by atoms with Crippen molar-refractivity contribution in [1.82, 2.24) is 4.90 Å². The third-order valence-electron chi connectivity index (χ3n) is 4.15. The molecule has 0 saturated heterocycles. The standard InChI is InChI=1S/C17H16IN3O3/c1-19-8-9-20(11-12-4-2-3-5-16(12)19)17(22)14-10-13(21(23)24)6-7-15(14)18/h2-7,10H,8-9,11H2,1H3. The van der Waals surface area contributed by atoms with Crippen molar-refractivity contribution in [2.45, 2.75) is 6.54 Å². The molecule has 6 nitrogen and oxygen atoms in total. The lowest BCUT2D eigenvalue weighted by Gasteiger charge is -2.21. The predicted octanol–water partition coefficient (Wildman–Crippen LogP) is 3.29. The fourth-order valence-corrected chi connectivity index (χ4v) is 3.39. The zero-order chi connectivity index (χ0) is 17.3. The predicted molar refractivity (Wildman–Crippen MR) is 100 cm³/mol. The second kappa shape index (κ2) is 6.76. The summed E-state index contributed by atoms with van der Waals surface area (Å²) >= 11 is 2.05. The van der Waals surface area contributed by atoms with Crippen LogP contribution in [0.3, 0.4) is 0 Å². The van der Waals surface area contributed by atoms with Crippen molar-refractivity contribution in [2.75, 3.05) is 25.0 Å². The summed E-state index contributed by atoms with van der Waals surface area (Å²) in [6.07, 6.45) is 0. The molecule has 1 amide bonds. The van der Waals surface area contributed by atoms with Gasteiger partial charge in [-0.25, -0.2) is 0 Å². The third-order valence-corrected chi connectivity index (χ3v) is 5.09. The van der Waals surface area contributed by atoms with Gasteiger partial charge in [0.25, 0.3) is 11.6 Å². The fourth-order valence-electron chi connectivity index (χ4n) is 2.83. The summed E-state index contributed by atoms with van der Waals surface area (Å²) in [5.74, 6) is -0.173. The van der Waals surface area contributed by atoms with Crippen molar-refractivity contribution in [3.63, 3.8) is 0 Å². The van der Waals surface area contributed by atoms with E-state index in [1.165, 1.54) is 12.1 Å². The number of nitro benzene ring substituents is 1. The summed E-state index contributed by atoms with van der Waals surface area (Å²) in [5, 5.41) is 11.0. The zero-order valence-corrected chi connectivity index (χ0v) is 15.3. The number of nitrogens with zero attached hydrogens (tertiary/aromatic N) is 3. The van der Waals surface area contributed by atoms with Crippen LogP contribution in [0.15, 0.2) is 42.5 Å². The van der Waals surface area contributed by atoms with Gasteiger partial charge in [0.05, 0.1) is 10.5 Å². The molecule has 24 heavy (non-hydrogen) atoms. The number of nitro groups is 1. The van der Waals surface area contributed by atoms with Gasteiger partial charge in [0.1, 0.15) is 0 Å². The number of hydrogen-bond acceptors (Lipinski definition) is 4. The molecule has 0 radical (unpaired) electrons. The third kappa shape index (κ3) is 3.21. The number of benzene rings is 2. The number of halogens is 1. The van der Waals surface area contributed by atoms with Gasteiger partial charge in [-0.15, -0.1) is 0 Å². The number of carbonyl (C=O) groups excluding carboxylic acids is 1. The molecule has 1 aliphatic rings. The summed E-state index contributed by atoms with van der Waals surface area (Å²) in [6.45, 7) is 1.79. The van der Waals surface area contributed by atoms with E-state index in [2.05, 4.69) is 4.90 Å². The molecule has 0 spiro atoms. The van der Waals surface area contributed by atoms with Crippen LogP contribution >= 0.6 is 22.6 Å². The van der Waals surface area contributed by atoms with E-state index < -0.39 is 4.92 Å². The van der Waals surface area contributed by atoms with Crippen LogP contribution in [0.25, 0.3) is 0 Å². The van der Waals surface area contributed by atoms with Gasteiger partial charge in [-0.3, -0.25) is 14.9 Å². The lowest BCUT2D eigenvalue weighted by Crippen LogP contribution is -2.34. The highest BCUT2D eigenvalue weighted by atomic mass is 127. The highest BCUT2D eigenvalue weighted by molar-refractivity contribution is 14.1. The van der Waals surface area contributed by atoms with E-state index in [0.29, 0.717) is 28.8 Å². The highest BCUT2D eigenvalue weighted by Crippen LogP contribution is 2.26. The fraction of sp³-hybridized carbons (Fsp3) is 0.235. The molecule has 0 atom stereocenters. The molecular formula is C17H16IN3O3. The van der Waals surface area contributed by atoms with Crippen LogP contribution < -0.4 is 4.90 Å². The minimum absolute atomic E-state index is 0.0638. The number of fused-ring (bicyclic) bond motifs is 1. The number of para-hydroxylation sites is 1. The molecule has 0 aliphatic carbocycles. The summed E-state index contributed by atoms with van der Waals surface area (Å²) in [6, 6.07) is 12.4. The molecule has 0 saturated carbocycles. The van der Waals surface area contributed by atoms with Crippen molar-refractivity contribution in [1.29, 1.82) is 0 Å². The summed E-state index contributed by atoms with van der Waals surface area (Å²) in [5.41, 5.74) is 2.51. The Kier molecular flexibility index (Phi) is 4.70. The number of rotatable bonds is 2. The average molecular weight is 437 g/mol. The van der Waals surface area contributed by atoms with Gasteiger partial charge < -0.3 is 9.80 Å². The van der Waals surface area contributed by atoms with Crippen LogP contribution in [0.2, 0.25) is 0 Å². The largest absolute Gasteiger partial charge is 0.373 e. The summed E-state index contributed by atoms with van der Waals surface area (Å²) < 4.78 is 0.717. The van der Waals surface area contributed by atoms with Crippen molar-refractivity contribution < 1.29 is 9.72 Å². The number of amides is 1. The van der Waals surface area contributed by atoms with Crippen molar-refractivity contribution in [2.24, 2.45) is 0 Å². The molecule has 0 unspecified atom stereocenters. The zero-order valence-electron chi connectivity index (χ0n) is 13.1. The Morgan fingerprint density at radius 2 is 1.96 bits per heavy atom. The number of hydrogen-bond donors (Lipinski definition) is 0. The van der Waals surface area contributed by atoms with Crippen LogP contribution in [0.4, 0.5) is 11.4 Å². The van der Waals surface area contributed by atoms with Crippen molar-refractivity contribution in [3.8, 4) is 0 Å². The maximum absolute atomic E-state index is 12.9. The van der Waals surface area contributed by atoms with E-state index in [9.17, 15) is 14.9 Å². The minimum Gasteiger partial charge on any atom is -0.373 e. The second-order valence-electron chi connectivity index (χ2n) is 5.70. The SMILES string of the molecule is CN1CCN(C(=O)c2cc([N+](=O)[O-])ccc2I)Cc2ccccc21. The Bertz CT molecular complexity index is 809. The maximum Gasteiger partial charge on any atom is 0.270 e. The number of carbonyl (C=O) groups is 1. The maximum atomic E-state index is 12.9. The molecule has 2 aromatic rings. The van der Waals surface area contributed by atoms with Crippen LogP contribution in [-0.2, 0) is 6.54 Å². The molecule has 1 heterocycles. The van der Waals surface area contributed by atoms with Crippen LogP contribution in [0.1, 0.15) is 15.9 Å².